The van der Waals surface area contributed by atoms with Gasteiger partial charge in [0.05, 0.1) is 13.2 Å². The number of benzene rings is 2. The number of morpholine rings is 1. The van der Waals surface area contributed by atoms with Crippen molar-refractivity contribution in [1.82, 2.24) is 9.80 Å². The van der Waals surface area contributed by atoms with Crippen molar-refractivity contribution in [3.63, 3.8) is 0 Å². The van der Waals surface area contributed by atoms with Gasteiger partial charge in [-0.05, 0) is 42.0 Å². The molecule has 2 aliphatic heterocycles. The third kappa shape index (κ3) is 5.55. The Bertz CT molecular complexity index is 905. The molecular weight excluding hydrogens is 405 g/mol. The van der Waals surface area contributed by atoms with Gasteiger partial charge in [-0.3, -0.25) is 9.69 Å². The van der Waals surface area contributed by atoms with Crippen molar-refractivity contribution in [3.05, 3.63) is 65.5 Å². The topological polar surface area (TPSA) is 44.8 Å². The molecule has 172 valence electrons. The number of anilines is 1. The second-order valence-corrected chi connectivity index (χ2v) is 9.23. The molecule has 2 aromatic carbocycles. The fourth-order valence-corrected chi connectivity index (χ4v) is 4.77. The fraction of sp³-hybridized carbons (Fsp3) is 0.500. The molecule has 0 aromatic heterocycles. The van der Waals surface area contributed by atoms with E-state index in [0.717, 1.165) is 43.6 Å². The largest absolute Gasteiger partial charge is 0.379 e. The molecule has 2 fully saturated rings. The molecule has 1 amide bonds. The lowest BCUT2D eigenvalue weighted by atomic mass is 10.0. The van der Waals surface area contributed by atoms with Crippen LogP contribution in [0.4, 0.5) is 10.1 Å². The summed E-state index contributed by atoms with van der Waals surface area (Å²) in [5, 5.41) is 3.05. The van der Waals surface area contributed by atoms with Crippen LogP contribution in [0.15, 0.2) is 48.5 Å². The number of hydrogen-bond acceptors (Lipinski definition) is 4. The van der Waals surface area contributed by atoms with Crippen LogP contribution in [0, 0.1) is 17.7 Å². The van der Waals surface area contributed by atoms with Crippen molar-refractivity contribution in [3.8, 4) is 0 Å². The molecule has 0 bridgehead atoms. The van der Waals surface area contributed by atoms with E-state index < -0.39 is 6.04 Å². The van der Waals surface area contributed by atoms with Crippen LogP contribution in [-0.4, -0.2) is 61.6 Å². The highest BCUT2D eigenvalue weighted by Gasteiger charge is 2.31. The number of halogens is 1. The number of carbonyl (C=O) groups excluding carboxylic acids is 1. The first-order valence-electron chi connectivity index (χ1n) is 11.7. The Morgan fingerprint density at radius 2 is 1.81 bits per heavy atom. The molecule has 1 N–H and O–H groups in total. The van der Waals surface area contributed by atoms with E-state index in [0.29, 0.717) is 31.9 Å². The summed E-state index contributed by atoms with van der Waals surface area (Å²) >= 11 is 0. The van der Waals surface area contributed by atoms with E-state index in [9.17, 15) is 9.18 Å². The molecule has 2 aliphatic rings. The first kappa shape index (κ1) is 22.9. The summed E-state index contributed by atoms with van der Waals surface area (Å²) in [7, 11) is 0. The lowest BCUT2D eigenvalue weighted by molar-refractivity contribution is -0.123. The van der Waals surface area contributed by atoms with Crippen molar-refractivity contribution in [1.29, 1.82) is 0 Å². The molecular formula is C26H34FN3O2. The van der Waals surface area contributed by atoms with Crippen molar-refractivity contribution < 1.29 is 13.9 Å². The Labute approximate surface area is 190 Å². The van der Waals surface area contributed by atoms with Gasteiger partial charge in [0.2, 0.25) is 5.91 Å². The number of hydrogen-bond donors (Lipinski definition) is 1. The highest BCUT2D eigenvalue weighted by molar-refractivity contribution is 5.95. The minimum atomic E-state index is -0.684. The molecule has 0 radical (unpaired) electrons. The van der Waals surface area contributed by atoms with Gasteiger partial charge in [-0.25, -0.2) is 4.39 Å². The third-order valence-electron chi connectivity index (χ3n) is 6.83. The molecule has 4 rings (SSSR count). The molecule has 2 heterocycles. The Balaban J connectivity index is 1.45. The SMILES string of the molecule is C[C@@H]1CN(CCc2cccc(NC(=O)[C@H](c3ccccc3F)N3CCOCC3)c2)C[C@H]1C. The number of nitrogens with one attached hydrogen (secondary N) is 1. The van der Waals surface area contributed by atoms with E-state index in [2.05, 4.69) is 30.1 Å². The van der Waals surface area contributed by atoms with E-state index in [1.807, 2.05) is 23.1 Å². The predicted molar refractivity (Wildman–Crippen MR) is 125 cm³/mol. The summed E-state index contributed by atoms with van der Waals surface area (Å²) in [6.45, 7) is 10.3. The average Bonchev–Trinajstić information content (AvgIpc) is 3.12. The molecule has 0 aliphatic carbocycles. The quantitative estimate of drug-likeness (QED) is 0.709. The van der Waals surface area contributed by atoms with E-state index >= 15 is 0 Å². The van der Waals surface area contributed by atoms with E-state index in [1.165, 1.54) is 11.6 Å². The number of rotatable bonds is 7. The zero-order valence-corrected chi connectivity index (χ0v) is 19.1. The number of ether oxygens (including phenoxy) is 1. The Hall–Kier alpha value is -2.28. The van der Waals surface area contributed by atoms with Gasteiger partial charge in [0.15, 0.2) is 0 Å². The second kappa shape index (κ2) is 10.6. The Morgan fingerprint density at radius 3 is 2.53 bits per heavy atom. The Kier molecular flexibility index (Phi) is 7.55. The van der Waals surface area contributed by atoms with Crippen LogP contribution < -0.4 is 5.32 Å². The van der Waals surface area contributed by atoms with Gasteiger partial charge in [0, 0.05) is 44.0 Å². The van der Waals surface area contributed by atoms with Crippen molar-refractivity contribution in [2.45, 2.75) is 26.3 Å². The van der Waals surface area contributed by atoms with Gasteiger partial charge in [-0.1, -0.05) is 44.2 Å². The maximum atomic E-state index is 14.6. The first-order chi connectivity index (χ1) is 15.5. The monoisotopic (exact) mass is 439 g/mol. The van der Waals surface area contributed by atoms with Gasteiger partial charge in [-0.2, -0.15) is 0 Å². The smallest absolute Gasteiger partial charge is 0.246 e. The summed E-state index contributed by atoms with van der Waals surface area (Å²) in [5.74, 6) is 0.922. The second-order valence-electron chi connectivity index (χ2n) is 9.23. The molecule has 0 unspecified atom stereocenters. The molecule has 5 nitrogen and oxygen atoms in total. The molecule has 6 heteroatoms. The number of amides is 1. The van der Waals surface area contributed by atoms with Crippen molar-refractivity contribution in [2.75, 3.05) is 51.3 Å². The van der Waals surface area contributed by atoms with Crippen LogP contribution >= 0.6 is 0 Å². The highest BCUT2D eigenvalue weighted by atomic mass is 19.1. The summed E-state index contributed by atoms with van der Waals surface area (Å²) in [5.41, 5.74) is 2.36. The first-order valence-corrected chi connectivity index (χ1v) is 11.7. The molecule has 32 heavy (non-hydrogen) atoms. The molecule has 2 aromatic rings. The maximum absolute atomic E-state index is 14.6. The summed E-state index contributed by atoms with van der Waals surface area (Å²) in [4.78, 5) is 17.9. The van der Waals surface area contributed by atoms with Crippen LogP contribution in [0.5, 0.6) is 0 Å². The van der Waals surface area contributed by atoms with E-state index in [-0.39, 0.29) is 11.7 Å². The molecule has 3 atom stereocenters. The van der Waals surface area contributed by atoms with Gasteiger partial charge in [-0.15, -0.1) is 0 Å². The van der Waals surface area contributed by atoms with E-state index in [4.69, 9.17) is 4.74 Å². The van der Waals surface area contributed by atoms with Crippen molar-refractivity contribution in [2.24, 2.45) is 11.8 Å². The third-order valence-corrected chi connectivity index (χ3v) is 6.83. The number of carbonyl (C=O) groups is 1. The van der Waals surface area contributed by atoms with Gasteiger partial charge in [0.25, 0.3) is 0 Å². The zero-order chi connectivity index (χ0) is 22.5. The summed E-state index contributed by atoms with van der Waals surface area (Å²) in [6, 6.07) is 13.9. The fourth-order valence-electron chi connectivity index (χ4n) is 4.77. The van der Waals surface area contributed by atoms with Gasteiger partial charge in [0.1, 0.15) is 11.9 Å². The Morgan fingerprint density at radius 1 is 1.09 bits per heavy atom. The van der Waals surface area contributed by atoms with Crippen LogP contribution in [-0.2, 0) is 16.0 Å². The summed E-state index contributed by atoms with van der Waals surface area (Å²) in [6.07, 6.45) is 0.948. The van der Waals surface area contributed by atoms with Crippen LogP contribution in [0.1, 0.15) is 31.0 Å². The summed E-state index contributed by atoms with van der Waals surface area (Å²) < 4.78 is 20.1. The zero-order valence-electron chi connectivity index (χ0n) is 19.1. The molecule has 0 spiro atoms. The number of likely N-dealkylation sites (tertiary alicyclic amines) is 1. The number of nitrogens with zero attached hydrogens (tertiary/aromatic N) is 2. The average molecular weight is 440 g/mol. The van der Waals surface area contributed by atoms with Crippen LogP contribution in [0.3, 0.4) is 0 Å². The lowest BCUT2D eigenvalue weighted by Crippen LogP contribution is -2.44. The minimum absolute atomic E-state index is 0.212. The molecule has 2 saturated heterocycles. The lowest BCUT2D eigenvalue weighted by Gasteiger charge is -2.34. The predicted octanol–water partition coefficient (Wildman–Crippen LogP) is 3.97. The standard InChI is InChI=1S/C26H34FN3O2/c1-19-17-29(18-20(19)2)11-10-21-6-5-7-22(16-21)28-26(31)25(30-12-14-32-15-13-30)23-8-3-4-9-24(23)27/h3-9,16,19-20,25H,10-15,17-18H2,1-2H3,(H,28,31)/t19-,20-,25+/m1/s1. The van der Waals surface area contributed by atoms with Gasteiger partial charge >= 0.3 is 0 Å². The maximum Gasteiger partial charge on any atom is 0.246 e. The van der Waals surface area contributed by atoms with Crippen molar-refractivity contribution >= 4 is 11.6 Å². The normalized spacial score (nSPS) is 23.2. The van der Waals surface area contributed by atoms with Crippen LogP contribution in [0.25, 0.3) is 0 Å². The molecule has 0 saturated carbocycles. The van der Waals surface area contributed by atoms with E-state index in [1.54, 1.807) is 18.2 Å². The minimum Gasteiger partial charge on any atom is -0.379 e. The van der Waals surface area contributed by atoms with Crippen LogP contribution in [0.2, 0.25) is 0 Å². The highest BCUT2D eigenvalue weighted by Crippen LogP contribution is 2.27. The van der Waals surface area contributed by atoms with Gasteiger partial charge < -0.3 is 15.0 Å².